The molecule has 2 nitrogen and oxygen atoms in total. The van der Waals surface area contributed by atoms with Crippen LogP contribution >= 0.6 is 0 Å². The predicted molar refractivity (Wildman–Crippen MR) is 75.4 cm³/mol. The second kappa shape index (κ2) is 6.39. The van der Waals surface area contributed by atoms with Gasteiger partial charge in [0.05, 0.1) is 7.11 Å². The molecule has 2 heteroatoms. The number of esters is 1. The molecule has 0 atom stereocenters. The molecule has 0 aromatic heterocycles. The topological polar surface area (TPSA) is 26.3 Å². The quantitative estimate of drug-likeness (QED) is 0.592. The number of benzene rings is 1. The second-order valence-electron chi connectivity index (χ2n) is 5.05. The third-order valence-electron chi connectivity index (χ3n) is 3.01. The molecule has 0 N–H and O–H groups in total. The van der Waals surface area contributed by atoms with Crippen LogP contribution in [0.5, 0.6) is 0 Å². The van der Waals surface area contributed by atoms with E-state index in [1.807, 2.05) is 0 Å². The molecule has 0 aliphatic carbocycles. The number of rotatable bonds is 4. The smallest absolute Gasteiger partial charge is 0.330 e. The van der Waals surface area contributed by atoms with Gasteiger partial charge in [0, 0.05) is 6.08 Å². The Morgan fingerprint density at radius 1 is 1.11 bits per heavy atom. The van der Waals surface area contributed by atoms with Gasteiger partial charge in [-0.3, -0.25) is 0 Å². The van der Waals surface area contributed by atoms with Crippen LogP contribution in [0.2, 0.25) is 0 Å². The largest absolute Gasteiger partial charge is 0.466 e. The van der Waals surface area contributed by atoms with Gasteiger partial charge in [0.25, 0.3) is 0 Å². The summed E-state index contributed by atoms with van der Waals surface area (Å²) in [5.41, 5.74) is 3.40. The maximum atomic E-state index is 11.4. The van der Waals surface area contributed by atoms with E-state index in [0.717, 1.165) is 11.1 Å². The van der Waals surface area contributed by atoms with E-state index in [4.69, 9.17) is 4.74 Å². The summed E-state index contributed by atoms with van der Waals surface area (Å²) in [7, 11) is 1.40. The van der Waals surface area contributed by atoms with Crippen LogP contribution in [0.15, 0.2) is 30.3 Å². The highest BCUT2D eigenvalue weighted by atomic mass is 16.5. The lowest BCUT2D eigenvalue weighted by atomic mass is 9.92. The molecule has 18 heavy (non-hydrogen) atoms. The summed E-state index contributed by atoms with van der Waals surface area (Å²) < 4.78 is 4.70. The summed E-state index contributed by atoms with van der Waals surface area (Å²) in [4.78, 5) is 11.4. The van der Waals surface area contributed by atoms with Gasteiger partial charge in [-0.2, -0.15) is 0 Å². The number of carbonyl (C=O) groups excluding carboxylic acids is 1. The predicted octanol–water partition coefficient (Wildman–Crippen LogP) is 4.02. The first-order valence-corrected chi connectivity index (χ1v) is 6.35. The maximum Gasteiger partial charge on any atom is 0.330 e. The molecule has 0 aliphatic heterocycles. The molecule has 1 aromatic carbocycles. The minimum Gasteiger partial charge on any atom is -0.466 e. The second-order valence-corrected chi connectivity index (χ2v) is 5.05. The van der Waals surface area contributed by atoms with Crippen molar-refractivity contribution in [3.05, 3.63) is 41.5 Å². The normalized spacial score (nSPS) is 12.1. The molecule has 0 unspecified atom stereocenters. The SMILES string of the molecule is COC(=O)C=C(c1ccc(C(C)C)cc1)C(C)C. The zero-order valence-corrected chi connectivity index (χ0v) is 11.9. The fourth-order valence-corrected chi connectivity index (χ4v) is 1.83. The molecule has 0 saturated heterocycles. The van der Waals surface area contributed by atoms with E-state index in [-0.39, 0.29) is 11.9 Å². The summed E-state index contributed by atoms with van der Waals surface area (Å²) in [5.74, 6) is 0.506. The molecule has 0 aliphatic rings. The molecular weight excluding hydrogens is 224 g/mol. The minimum absolute atomic E-state index is 0.286. The Kier molecular flexibility index (Phi) is 5.14. The fraction of sp³-hybridized carbons (Fsp3) is 0.438. The van der Waals surface area contributed by atoms with Gasteiger partial charge >= 0.3 is 5.97 Å². The molecule has 0 spiro atoms. The Morgan fingerprint density at radius 2 is 1.67 bits per heavy atom. The Hall–Kier alpha value is -1.57. The van der Waals surface area contributed by atoms with Crippen LogP contribution in [0.4, 0.5) is 0 Å². The molecule has 0 amide bonds. The van der Waals surface area contributed by atoms with E-state index >= 15 is 0 Å². The highest BCUT2D eigenvalue weighted by molar-refractivity contribution is 5.91. The average Bonchev–Trinajstić information content (AvgIpc) is 2.35. The molecule has 1 rings (SSSR count). The zero-order valence-electron chi connectivity index (χ0n) is 11.9. The number of hydrogen-bond acceptors (Lipinski definition) is 2. The molecular formula is C16H22O2. The van der Waals surface area contributed by atoms with Crippen molar-refractivity contribution in [3.8, 4) is 0 Å². The van der Waals surface area contributed by atoms with E-state index in [9.17, 15) is 4.79 Å². The number of allylic oxidation sites excluding steroid dienone is 1. The van der Waals surface area contributed by atoms with Gasteiger partial charge in [-0.25, -0.2) is 4.79 Å². The number of ether oxygens (including phenoxy) is 1. The number of methoxy groups -OCH3 is 1. The molecule has 0 saturated carbocycles. The number of carbonyl (C=O) groups is 1. The third-order valence-corrected chi connectivity index (χ3v) is 3.01. The van der Waals surface area contributed by atoms with E-state index in [2.05, 4.69) is 52.0 Å². The average molecular weight is 246 g/mol. The first-order chi connectivity index (χ1) is 8.45. The lowest BCUT2D eigenvalue weighted by Gasteiger charge is -2.13. The first kappa shape index (κ1) is 14.5. The molecule has 0 radical (unpaired) electrons. The van der Waals surface area contributed by atoms with Gasteiger partial charge in [0.15, 0.2) is 0 Å². The van der Waals surface area contributed by atoms with Crippen LogP contribution in [0.3, 0.4) is 0 Å². The summed E-state index contributed by atoms with van der Waals surface area (Å²) in [5, 5.41) is 0. The highest BCUT2D eigenvalue weighted by Gasteiger charge is 2.09. The van der Waals surface area contributed by atoms with Crippen molar-refractivity contribution in [2.24, 2.45) is 5.92 Å². The molecule has 98 valence electrons. The van der Waals surface area contributed by atoms with E-state index < -0.39 is 0 Å². The van der Waals surface area contributed by atoms with Crippen LogP contribution < -0.4 is 0 Å². The van der Waals surface area contributed by atoms with Gasteiger partial charge in [0.1, 0.15) is 0 Å². The summed E-state index contributed by atoms with van der Waals surface area (Å²) >= 11 is 0. The first-order valence-electron chi connectivity index (χ1n) is 6.35. The summed E-state index contributed by atoms with van der Waals surface area (Å²) in [6.07, 6.45) is 1.58. The molecule has 0 bridgehead atoms. The van der Waals surface area contributed by atoms with E-state index in [1.165, 1.54) is 12.7 Å². The van der Waals surface area contributed by atoms with Crippen LogP contribution in [0.1, 0.15) is 44.7 Å². The van der Waals surface area contributed by atoms with Crippen molar-refractivity contribution in [1.29, 1.82) is 0 Å². The van der Waals surface area contributed by atoms with Crippen molar-refractivity contribution in [1.82, 2.24) is 0 Å². The molecule has 0 heterocycles. The molecule has 1 aromatic rings. The monoisotopic (exact) mass is 246 g/mol. The maximum absolute atomic E-state index is 11.4. The van der Waals surface area contributed by atoms with Crippen molar-refractivity contribution in [3.63, 3.8) is 0 Å². The minimum atomic E-state index is -0.299. The van der Waals surface area contributed by atoms with E-state index in [1.54, 1.807) is 6.08 Å². The van der Waals surface area contributed by atoms with Gasteiger partial charge < -0.3 is 4.74 Å². The molecule has 0 fully saturated rings. The van der Waals surface area contributed by atoms with Crippen LogP contribution in [-0.4, -0.2) is 13.1 Å². The Bertz CT molecular complexity index is 425. The highest BCUT2D eigenvalue weighted by Crippen LogP contribution is 2.25. The Labute approximate surface area is 110 Å². The lowest BCUT2D eigenvalue weighted by molar-refractivity contribution is -0.134. The van der Waals surface area contributed by atoms with Gasteiger partial charge in [-0.05, 0) is 28.5 Å². The standard InChI is InChI=1S/C16H22O2/c1-11(2)13-6-8-14(9-7-13)15(12(3)4)10-16(17)18-5/h6-12H,1-5H3. The third kappa shape index (κ3) is 3.73. The Balaban J connectivity index is 3.07. The lowest BCUT2D eigenvalue weighted by Crippen LogP contribution is -2.01. The number of hydrogen-bond donors (Lipinski definition) is 0. The van der Waals surface area contributed by atoms with Crippen LogP contribution in [0, 0.1) is 5.92 Å². The van der Waals surface area contributed by atoms with Gasteiger partial charge in [-0.1, -0.05) is 52.0 Å². The van der Waals surface area contributed by atoms with Crippen molar-refractivity contribution >= 4 is 11.5 Å². The summed E-state index contributed by atoms with van der Waals surface area (Å²) in [6, 6.07) is 8.38. The van der Waals surface area contributed by atoms with E-state index in [0.29, 0.717) is 5.92 Å². The van der Waals surface area contributed by atoms with Crippen molar-refractivity contribution in [2.45, 2.75) is 33.6 Å². The van der Waals surface area contributed by atoms with Gasteiger partial charge in [-0.15, -0.1) is 0 Å². The van der Waals surface area contributed by atoms with Crippen molar-refractivity contribution in [2.75, 3.05) is 7.11 Å². The van der Waals surface area contributed by atoms with Crippen LogP contribution in [0.25, 0.3) is 5.57 Å². The van der Waals surface area contributed by atoms with Crippen molar-refractivity contribution < 1.29 is 9.53 Å². The van der Waals surface area contributed by atoms with Gasteiger partial charge in [0.2, 0.25) is 0 Å². The van der Waals surface area contributed by atoms with Crippen LogP contribution in [-0.2, 0) is 9.53 Å². The Morgan fingerprint density at radius 3 is 2.06 bits per heavy atom. The summed E-state index contributed by atoms with van der Waals surface area (Å²) in [6.45, 7) is 8.49. The fourth-order valence-electron chi connectivity index (χ4n) is 1.83. The zero-order chi connectivity index (χ0) is 13.7.